The van der Waals surface area contributed by atoms with Gasteiger partial charge in [0.15, 0.2) is 0 Å². The molecule has 1 aliphatic heterocycles. The molecular weight excluding hydrogens is 234 g/mol. The van der Waals surface area contributed by atoms with Crippen LogP contribution in [-0.2, 0) is 5.21 Å². The summed E-state index contributed by atoms with van der Waals surface area (Å²) in [6.07, 6.45) is 12.6. The van der Waals surface area contributed by atoms with Crippen molar-refractivity contribution in [3.8, 4) is 0 Å². The maximum atomic E-state index is 12.6. The number of piperidine rings is 1. The summed E-state index contributed by atoms with van der Waals surface area (Å²) in [5, 5.41) is 13.9. The molecule has 1 radical (unpaired) electrons. The maximum absolute atomic E-state index is 12.6. The van der Waals surface area contributed by atoms with Gasteiger partial charge in [-0.1, -0.05) is 24.3 Å². The summed E-state index contributed by atoms with van der Waals surface area (Å²) in [7, 11) is 0. The van der Waals surface area contributed by atoms with Crippen LogP contribution in [0.5, 0.6) is 0 Å². The molecule has 19 heavy (non-hydrogen) atoms. The normalized spacial score (nSPS) is 21.5. The highest BCUT2D eigenvalue weighted by Crippen LogP contribution is 2.53. The second-order valence-corrected chi connectivity index (χ2v) is 5.49. The monoisotopic (exact) mass is 260 g/mol. The van der Waals surface area contributed by atoms with E-state index in [9.17, 15) is 5.21 Å². The van der Waals surface area contributed by atoms with E-state index in [2.05, 4.69) is 26.3 Å². The Morgan fingerprint density at radius 2 is 1.37 bits per heavy atom. The number of hydroxylamine groups is 2. The third kappa shape index (κ3) is 2.75. The standard InChI is InChI=1S/C17H26NO/c1-5-10-16(11-6-2)14-9-15-18(19)17(16,12-7-3)13-8-4/h5-8H,1-4,9-15H2. The van der Waals surface area contributed by atoms with Gasteiger partial charge < -0.3 is 0 Å². The SMILES string of the molecule is C=CCC1(CC=C)CCCN([O])C1(CC=C)CC=C. The van der Waals surface area contributed by atoms with E-state index < -0.39 is 5.54 Å². The van der Waals surface area contributed by atoms with Gasteiger partial charge in [0, 0.05) is 6.54 Å². The predicted molar refractivity (Wildman–Crippen MR) is 81.0 cm³/mol. The molecule has 105 valence electrons. The van der Waals surface area contributed by atoms with Crippen LogP contribution in [0.25, 0.3) is 0 Å². The van der Waals surface area contributed by atoms with Gasteiger partial charge in [-0.15, -0.1) is 36.6 Å². The van der Waals surface area contributed by atoms with Crippen LogP contribution in [0.4, 0.5) is 0 Å². The first kappa shape index (κ1) is 15.9. The topological polar surface area (TPSA) is 23.1 Å². The first-order valence-corrected chi connectivity index (χ1v) is 7.01. The van der Waals surface area contributed by atoms with E-state index >= 15 is 0 Å². The van der Waals surface area contributed by atoms with Crippen LogP contribution < -0.4 is 0 Å². The van der Waals surface area contributed by atoms with Crippen LogP contribution in [0.3, 0.4) is 0 Å². The summed E-state index contributed by atoms with van der Waals surface area (Å²) in [5.41, 5.74) is -0.546. The van der Waals surface area contributed by atoms with Crippen molar-refractivity contribution in [3.63, 3.8) is 0 Å². The number of rotatable bonds is 8. The number of nitrogens with zero attached hydrogens (tertiary/aromatic N) is 1. The molecule has 1 aliphatic rings. The molecule has 1 fully saturated rings. The van der Waals surface area contributed by atoms with E-state index in [1.165, 1.54) is 5.06 Å². The Hall–Kier alpha value is -1.12. The van der Waals surface area contributed by atoms with Crippen molar-refractivity contribution in [3.05, 3.63) is 50.6 Å². The van der Waals surface area contributed by atoms with Crippen LogP contribution in [-0.4, -0.2) is 17.1 Å². The number of hydrogen-bond donors (Lipinski definition) is 0. The third-order valence-corrected chi connectivity index (χ3v) is 4.52. The molecular formula is C17H26NO. The van der Waals surface area contributed by atoms with Gasteiger partial charge >= 0.3 is 0 Å². The van der Waals surface area contributed by atoms with Crippen molar-refractivity contribution < 1.29 is 5.21 Å². The molecule has 0 aromatic heterocycles. The zero-order valence-electron chi connectivity index (χ0n) is 11.9. The molecule has 0 atom stereocenters. The van der Waals surface area contributed by atoms with Gasteiger partial charge in [0.2, 0.25) is 0 Å². The lowest BCUT2D eigenvalue weighted by Gasteiger charge is -2.56. The number of allylic oxidation sites excluding steroid dienone is 2. The molecule has 1 saturated heterocycles. The van der Waals surface area contributed by atoms with E-state index in [-0.39, 0.29) is 5.41 Å². The Balaban J connectivity index is 3.31. The molecule has 1 rings (SSSR count). The van der Waals surface area contributed by atoms with Crippen molar-refractivity contribution >= 4 is 0 Å². The third-order valence-electron chi connectivity index (χ3n) is 4.52. The molecule has 0 saturated carbocycles. The summed E-state index contributed by atoms with van der Waals surface area (Å²) < 4.78 is 0. The minimum absolute atomic E-state index is 0.0983. The van der Waals surface area contributed by atoms with Gasteiger partial charge in [-0.3, -0.25) is 0 Å². The van der Waals surface area contributed by atoms with Gasteiger partial charge in [0.05, 0.1) is 5.54 Å². The Labute approximate surface area is 117 Å². The molecule has 0 spiro atoms. The van der Waals surface area contributed by atoms with Crippen molar-refractivity contribution in [2.45, 2.75) is 44.1 Å². The molecule has 0 aliphatic carbocycles. The lowest BCUT2D eigenvalue weighted by atomic mass is 9.58. The average molecular weight is 260 g/mol. The van der Waals surface area contributed by atoms with Gasteiger partial charge in [-0.05, 0) is 43.9 Å². The summed E-state index contributed by atoms with van der Waals surface area (Å²) in [5.74, 6) is 0. The van der Waals surface area contributed by atoms with Gasteiger partial charge in [-0.2, -0.15) is 0 Å². The maximum Gasteiger partial charge on any atom is 0.0623 e. The zero-order valence-corrected chi connectivity index (χ0v) is 11.9. The highest BCUT2D eigenvalue weighted by Gasteiger charge is 2.54. The highest BCUT2D eigenvalue weighted by atomic mass is 16.5. The second kappa shape index (κ2) is 6.88. The van der Waals surface area contributed by atoms with E-state index in [0.29, 0.717) is 19.4 Å². The Morgan fingerprint density at radius 1 is 0.895 bits per heavy atom. The Bertz CT molecular complexity index is 325. The molecule has 0 bridgehead atoms. The second-order valence-electron chi connectivity index (χ2n) is 5.49. The minimum Gasteiger partial charge on any atom is -0.148 e. The predicted octanol–water partition coefficient (Wildman–Crippen LogP) is 4.46. The fourth-order valence-electron chi connectivity index (χ4n) is 3.69. The fraction of sp³-hybridized carbons (Fsp3) is 0.529. The molecule has 2 heteroatoms. The highest BCUT2D eigenvalue weighted by molar-refractivity contribution is 5.14. The lowest BCUT2D eigenvalue weighted by molar-refractivity contribution is -0.278. The number of hydrogen-bond acceptors (Lipinski definition) is 1. The van der Waals surface area contributed by atoms with Crippen LogP contribution in [0.15, 0.2) is 50.6 Å². The molecule has 1 heterocycles. The van der Waals surface area contributed by atoms with E-state index in [0.717, 1.165) is 25.7 Å². The molecule has 0 unspecified atom stereocenters. The smallest absolute Gasteiger partial charge is 0.0623 e. The van der Waals surface area contributed by atoms with Crippen LogP contribution >= 0.6 is 0 Å². The molecule has 2 nitrogen and oxygen atoms in total. The van der Waals surface area contributed by atoms with Gasteiger partial charge in [0.1, 0.15) is 0 Å². The van der Waals surface area contributed by atoms with Crippen molar-refractivity contribution in [1.29, 1.82) is 0 Å². The van der Waals surface area contributed by atoms with Crippen molar-refractivity contribution in [2.24, 2.45) is 5.41 Å². The molecule has 0 aromatic rings. The average Bonchev–Trinajstić information content (AvgIpc) is 2.37. The van der Waals surface area contributed by atoms with Gasteiger partial charge in [-0.25, -0.2) is 0 Å². The Kier molecular flexibility index (Phi) is 5.77. The van der Waals surface area contributed by atoms with Crippen molar-refractivity contribution in [1.82, 2.24) is 5.06 Å². The summed E-state index contributed by atoms with van der Waals surface area (Å²) in [4.78, 5) is 0. The van der Waals surface area contributed by atoms with Gasteiger partial charge in [0.25, 0.3) is 0 Å². The zero-order chi connectivity index (χ0) is 14.4. The van der Waals surface area contributed by atoms with Crippen LogP contribution in [0.2, 0.25) is 0 Å². The van der Waals surface area contributed by atoms with Crippen LogP contribution in [0.1, 0.15) is 38.5 Å². The van der Waals surface area contributed by atoms with E-state index in [4.69, 9.17) is 0 Å². The first-order chi connectivity index (χ1) is 9.12. The largest absolute Gasteiger partial charge is 0.148 e. The summed E-state index contributed by atoms with van der Waals surface area (Å²) in [6, 6.07) is 0. The molecule has 0 N–H and O–H groups in total. The Morgan fingerprint density at radius 3 is 1.79 bits per heavy atom. The van der Waals surface area contributed by atoms with E-state index in [1.807, 2.05) is 24.3 Å². The van der Waals surface area contributed by atoms with Crippen LogP contribution in [0, 0.1) is 5.41 Å². The minimum atomic E-state index is -0.447. The van der Waals surface area contributed by atoms with E-state index in [1.54, 1.807) is 0 Å². The molecule has 0 aromatic carbocycles. The first-order valence-electron chi connectivity index (χ1n) is 7.01. The summed E-state index contributed by atoms with van der Waals surface area (Å²) >= 11 is 0. The quantitative estimate of drug-likeness (QED) is 0.591. The fourth-order valence-corrected chi connectivity index (χ4v) is 3.69. The summed E-state index contributed by atoms with van der Waals surface area (Å²) in [6.45, 7) is 16.1. The van der Waals surface area contributed by atoms with Crippen molar-refractivity contribution in [2.75, 3.05) is 6.54 Å². The lowest BCUT2D eigenvalue weighted by Crippen LogP contribution is -2.61. The molecule has 0 amide bonds.